The first-order valence-electron chi connectivity index (χ1n) is 9.57. The maximum absolute atomic E-state index is 9.43. The van der Waals surface area contributed by atoms with Crippen LogP contribution in [0.15, 0.2) is 0 Å². The summed E-state index contributed by atoms with van der Waals surface area (Å²) < 4.78 is 18.2. The molecular weight excluding hydrogens is 352 g/mol. The van der Waals surface area contributed by atoms with Crippen LogP contribution in [-0.2, 0) is 13.3 Å². The molecule has 24 heavy (non-hydrogen) atoms. The molecule has 146 valence electrons. The number of hydrogen-bond donors (Lipinski definition) is 1. The van der Waals surface area contributed by atoms with Gasteiger partial charge in [0.15, 0.2) is 14.6 Å². The number of unbranched alkanes of at least 4 members (excludes halogenated alkanes) is 1. The highest BCUT2D eigenvalue weighted by Gasteiger charge is 2.36. The average Bonchev–Trinajstić information content (AvgIpc) is 2.46. The molecule has 0 radical (unpaired) electrons. The Kier molecular flexibility index (Phi) is 11.5. The molecule has 0 rings (SSSR count). The Bertz CT molecular complexity index is 336. The van der Waals surface area contributed by atoms with E-state index in [0.29, 0.717) is 13.0 Å². The van der Waals surface area contributed by atoms with Crippen molar-refractivity contribution in [1.29, 1.82) is 0 Å². The van der Waals surface area contributed by atoms with Gasteiger partial charge in [0, 0.05) is 12.8 Å². The molecule has 4 nitrogen and oxygen atoms in total. The van der Waals surface area contributed by atoms with Crippen molar-refractivity contribution in [3.05, 3.63) is 0 Å². The van der Waals surface area contributed by atoms with Crippen LogP contribution in [0.5, 0.6) is 0 Å². The molecule has 0 aromatic heterocycles. The molecule has 1 unspecified atom stereocenters. The van der Waals surface area contributed by atoms with Crippen molar-refractivity contribution in [2.45, 2.75) is 97.2 Å². The second-order valence-electron chi connectivity index (χ2n) is 8.66. The number of hydrogen-bond acceptors (Lipinski definition) is 4. The molecule has 0 heterocycles. The van der Waals surface area contributed by atoms with Gasteiger partial charge < -0.3 is 18.4 Å². The van der Waals surface area contributed by atoms with Crippen LogP contribution in [0.3, 0.4) is 0 Å². The second-order valence-corrected chi connectivity index (χ2v) is 21.7. The lowest BCUT2D eigenvalue weighted by atomic mass is 10.4. The van der Waals surface area contributed by atoms with Crippen molar-refractivity contribution in [2.24, 2.45) is 0 Å². The minimum atomic E-state index is -2.07. The van der Waals surface area contributed by atoms with Crippen LogP contribution >= 0.6 is 0 Å². The third-order valence-corrected chi connectivity index (χ3v) is 13.6. The summed E-state index contributed by atoms with van der Waals surface area (Å²) in [7, 11) is -5.08. The summed E-state index contributed by atoms with van der Waals surface area (Å²) in [6, 6.07) is 2.38. The van der Waals surface area contributed by atoms with Crippen LogP contribution in [0.25, 0.3) is 0 Å². The monoisotopic (exact) mass is 394 g/mol. The topological polar surface area (TPSA) is 47.9 Å². The summed E-state index contributed by atoms with van der Waals surface area (Å²) in [6.45, 7) is 18.5. The van der Waals surface area contributed by atoms with E-state index >= 15 is 0 Å². The second kappa shape index (κ2) is 11.3. The number of aliphatic hydroxyl groups excluding tert-OH is 1. The van der Waals surface area contributed by atoms with Crippen LogP contribution < -0.4 is 0 Å². The Morgan fingerprint density at radius 1 is 0.917 bits per heavy atom. The molecule has 7 heteroatoms. The van der Waals surface area contributed by atoms with E-state index < -0.39 is 31.2 Å². The van der Waals surface area contributed by atoms with E-state index in [4.69, 9.17) is 13.3 Å². The van der Waals surface area contributed by atoms with Crippen molar-refractivity contribution >= 4 is 25.0 Å². The normalized spacial score (nSPS) is 14.9. The first kappa shape index (κ1) is 24.5. The molecule has 0 aromatic rings. The number of aliphatic hydroxyl groups is 1. The van der Waals surface area contributed by atoms with E-state index in [1.54, 1.807) is 0 Å². The van der Waals surface area contributed by atoms with Crippen LogP contribution in [0.2, 0.25) is 51.4 Å². The van der Waals surface area contributed by atoms with E-state index in [1.165, 1.54) is 18.9 Å². The molecule has 0 spiro atoms. The van der Waals surface area contributed by atoms with E-state index in [2.05, 4.69) is 46.2 Å². The third-order valence-electron chi connectivity index (χ3n) is 4.12. The molecular formula is C17H42O4Si3. The largest absolute Gasteiger partial charge is 0.436 e. The van der Waals surface area contributed by atoms with E-state index in [9.17, 15) is 5.11 Å². The van der Waals surface area contributed by atoms with Gasteiger partial charge in [0.2, 0.25) is 0 Å². The van der Waals surface area contributed by atoms with Gasteiger partial charge in [0.25, 0.3) is 0 Å². The first-order valence-corrected chi connectivity index (χ1v) is 18.9. The van der Waals surface area contributed by atoms with Gasteiger partial charge in [-0.2, -0.15) is 0 Å². The highest BCUT2D eigenvalue weighted by Crippen LogP contribution is 2.23. The van der Waals surface area contributed by atoms with Crippen LogP contribution in [0.1, 0.15) is 39.5 Å². The van der Waals surface area contributed by atoms with Gasteiger partial charge in [-0.3, -0.25) is 0 Å². The lowest BCUT2D eigenvalue weighted by Crippen LogP contribution is -2.49. The quantitative estimate of drug-likeness (QED) is 0.253. The number of rotatable bonds is 14. The maximum Gasteiger partial charge on any atom is 0.321 e. The van der Waals surface area contributed by atoms with Crippen LogP contribution in [0, 0.1) is 0 Å². The molecule has 0 saturated carbocycles. The van der Waals surface area contributed by atoms with Gasteiger partial charge in [-0.15, -0.1) is 0 Å². The molecule has 0 aliphatic heterocycles. The fourth-order valence-corrected chi connectivity index (χ4v) is 14.0. The number of ether oxygens (including phenoxy) is 1. The van der Waals surface area contributed by atoms with Crippen molar-refractivity contribution in [3.63, 3.8) is 0 Å². The molecule has 0 aliphatic rings. The molecule has 1 N–H and O–H groups in total. The Labute approximate surface area is 153 Å². The summed E-state index contributed by atoms with van der Waals surface area (Å²) in [5.41, 5.74) is 0. The van der Waals surface area contributed by atoms with Crippen LogP contribution in [0.4, 0.5) is 0 Å². The first-order chi connectivity index (χ1) is 10.9. The van der Waals surface area contributed by atoms with E-state index in [-0.39, 0.29) is 0 Å². The highest BCUT2D eigenvalue weighted by atomic mass is 28.4. The zero-order valence-electron chi connectivity index (χ0n) is 17.4. The molecule has 0 saturated heterocycles. The minimum absolute atomic E-state index is 0.606. The summed E-state index contributed by atoms with van der Waals surface area (Å²) in [6.07, 6.45) is 4.46. The zero-order chi connectivity index (χ0) is 18.9. The van der Waals surface area contributed by atoms with Gasteiger partial charge in [-0.1, -0.05) is 45.8 Å². The van der Waals surface area contributed by atoms with Gasteiger partial charge >= 0.3 is 8.56 Å². The van der Waals surface area contributed by atoms with Crippen LogP contribution in [-0.4, -0.2) is 49.2 Å². The van der Waals surface area contributed by atoms with Gasteiger partial charge in [0.1, 0.15) is 0 Å². The van der Waals surface area contributed by atoms with E-state index in [0.717, 1.165) is 18.7 Å². The fourth-order valence-electron chi connectivity index (χ4n) is 2.68. The van der Waals surface area contributed by atoms with Gasteiger partial charge in [-0.25, -0.2) is 0 Å². The molecule has 1 atom stereocenters. The molecule has 0 fully saturated rings. The third kappa shape index (κ3) is 12.8. The summed E-state index contributed by atoms with van der Waals surface area (Å²) in [5, 5.41) is 9.43. The van der Waals surface area contributed by atoms with Crippen molar-refractivity contribution in [1.82, 2.24) is 0 Å². The maximum atomic E-state index is 9.43. The highest BCUT2D eigenvalue weighted by molar-refractivity contribution is 6.83. The molecule has 0 amide bonds. The predicted octanol–water partition coefficient (Wildman–Crippen LogP) is 5.11. The Hall–Kier alpha value is 0.491. The lowest BCUT2D eigenvalue weighted by Gasteiger charge is -2.35. The fraction of sp³-hybridized carbons (Fsp3) is 1.00. The van der Waals surface area contributed by atoms with Crippen molar-refractivity contribution in [2.75, 3.05) is 12.8 Å². The summed E-state index contributed by atoms with van der Waals surface area (Å²) in [5.74, 6) is 0. The van der Waals surface area contributed by atoms with Crippen molar-refractivity contribution in [3.8, 4) is 0 Å². The van der Waals surface area contributed by atoms with E-state index in [1.807, 2.05) is 6.92 Å². The van der Waals surface area contributed by atoms with Gasteiger partial charge in [0.05, 0.1) is 8.07 Å². The Morgan fingerprint density at radius 2 is 1.54 bits per heavy atom. The summed E-state index contributed by atoms with van der Waals surface area (Å²) >= 11 is 0. The Morgan fingerprint density at radius 3 is 2.08 bits per heavy atom. The molecule has 0 aliphatic carbocycles. The standard InChI is InChI=1S/C17H42O4Si3/c1-9-11-14-22(3,4)16-20-24(7,8)21-23(5,6)15-12-13-19-17(18)10-2/h17-18H,9-16H2,1-8H3. The average molecular weight is 395 g/mol. The minimum Gasteiger partial charge on any atom is -0.436 e. The lowest BCUT2D eigenvalue weighted by molar-refractivity contribution is -0.0998. The Balaban J connectivity index is 4.24. The van der Waals surface area contributed by atoms with Gasteiger partial charge in [-0.05, 0) is 45.1 Å². The zero-order valence-corrected chi connectivity index (χ0v) is 20.4. The predicted molar refractivity (Wildman–Crippen MR) is 111 cm³/mol. The summed E-state index contributed by atoms with van der Waals surface area (Å²) in [4.78, 5) is 0. The molecule has 0 bridgehead atoms. The molecule has 0 aromatic carbocycles. The van der Waals surface area contributed by atoms with Crippen molar-refractivity contribution < 1.29 is 18.4 Å². The SMILES string of the molecule is CCCC[Si](C)(C)CO[Si](C)(C)O[Si](C)(C)CCCOC(O)CC. The smallest absolute Gasteiger partial charge is 0.321 e.